The van der Waals surface area contributed by atoms with Gasteiger partial charge in [-0.05, 0) is 29.5 Å². The van der Waals surface area contributed by atoms with Gasteiger partial charge < -0.3 is 10.0 Å². The number of hydrogen-bond donors (Lipinski definition) is 1. The van der Waals surface area contributed by atoms with E-state index in [-0.39, 0.29) is 5.41 Å². The fourth-order valence-electron chi connectivity index (χ4n) is 1.79. The van der Waals surface area contributed by atoms with E-state index in [1.54, 1.807) is 6.08 Å². The van der Waals surface area contributed by atoms with Crippen LogP contribution >= 0.6 is 0 Å². The molecule has 0 aliphatic rings. The third-order valence-corrected chi connectivity index (χ3v) is 2.79. The third-order valence-electron chi connectivity index (χ3n) is 2.79. The molecule has 1 aromatic carbocycles. The predicted octanol–water partition coefficient (Wildman–Crippen LogP) is 2.96. The van der Waals surface area contributed by atoms with Crippen LogP contribution in [0.15, 0.2) is 36.4 Å². The fourth-order valence-corrected chi connectivity index (χ4v) is 1.79. The molecule has 0 atom stereocenters. The molecule has 0 heterocycles. The van der Waals surface area contributed by atoms with Gasteiger partial charge in [-0.3, -0.25) is 0 Å². The molecule has 0 bridgehead atoms. The molecule has 0 amide bonds. The summed E-state index contributed by atoms with van der Waals surface area (Å²) in [7, 11) is 4.02. The molecular weight excluding hydrogens is 226 g/mol. The van der Waals surface area contributed by atoms with E-state index in [4.69, 9.17) is 5.11 Å². The van der Waals surface area contributed by atoms with Crippen molar-refractivity contribution >= 4 is 11.7 Å². The lowest BCUT2D eigenvalue weighted by Crippen LogP contribution is -2.13. The molecular formula is C15H21NO2. The first kappa shape index (κ1) is 14.3. The van der Waals surface area contributed by atoms with Gasteiger partial charge in [0, 0.05) is 25.9 Å². The highest BCUT2D eigenvalue weighted by atomic mass is 16.4. The van der Waals surface area contributed by atoms with Gasteiger partial charge in [0.25, 0.3) is 0 Å². The second-order valence-electron chi connectivity index (χ2n) is 5.40. The third kappa shape index (κ3) is 4.62. The lowest BCUT2D eigenvalue weighted by atomic mass is 9.85. The van der Waals surface area contributed by atoms with Gasteiger partial charge in [0.2, 0.25) is 0 Å². The summed E-state index contributed by atoms with van der Waals surface area (Å²) in [6.45, 7) is 4.07. The second-order valence-corrected chi connectivity index (χ2v) is 5.40. The average molecular weight is 247 g/mol. The summed E-state index contributed by atoms with van der Waals surface area (Å²) < 4.78 is 0. The Morgan fingerprint density at radius 2 is 1.83 bits per heavy atom. The van der Waals surface area contributed by atoms with Crippen LogP contribution in [0.1, 0.15) is 19.4 Å². The number of carboxylic acid groups (broad SMARTS) is 1. The van der Waals surface area contributed by atoms with Crippen molar-refractivity contribution in [3.8, 4) is 0 Å². The Labute approximate surface area is 109 Å². The lowest BCUT2D eigenvalue weighted by Gasteiger charge is -2.20. The highest BCUT2D eigenvalue weighted by molar-refractivity contribution is 5.79. The zero-order valence-corrected chi connectivity index (χ0v) is 11.5. The minimum atomic E-state index is -0.897. The van der Waals surface area contributed by atoms with Crippen LogP contribution in [0, 0.1) is 5.41 Å². The number of hydrogen-bond acceptors (Lipinski definition) is 2. The first-order chi connectivity index (χ1) is 8.30. The molecule has 98 valence electrons. The van der Waals surface area contributed by atoms with Gasteiger partial charge in [0.15, 0.2) is 0 Å². The van der Waals surface area contributed by atoms with Crippen LogP contribution in [0.3, 0.4) is 0 Å². The summed E-state index contributed by atoms with van der Waals surface area (Å²) >= 11 is 0. The van der Waals surface area contributed by atoms with Crippen molar-refractivity contribution in [3.63, 3.8) is 0 Å². The van der Waals surface area contributed by atoms with Crippen molar-refractivity contribution in [2.75, 3.05) is 19.0 Å². The van der Waals surface area contributed by atoms with Crippen molar-refractivity contribution in [3.05, 3.63) is 42.0 Å². The molecule has 1 N–H and O–H groups in total. The van der Waals surface area contributed by atoms with Gasteiger partial charge in [-0.1, -0.05) is 32.1 Å². The van der Waals surface area contributed by atoms with Crippen LogP contribution in [0.25, 0.3) is 0 Å². The van der Waals surface area contributed by atoms with Crippen LogP contribution in [-0.2, 0) is 11.2 Å². The Morgan fingerprint density at radius 3 is 2.28 bits per heavy atom. The van der Waals surface area contributed by atoms with Crippen molar-refractivity contribution in [2.45, 2.75) is 20.3 Å². The Balaban J connectivity index is 2.75. The summed E-state index contributed by atoms with van der Waals surface area (Å²) in [4.78, 5) is 12.6. The average Bonchev–Trinajstić information content (AvgIpc) is 2.27. The van der Waals surface area contributed by atoms with Crippen molar-refractivity contribution in [1.82, 2.24) is 0 Å². The molecule has 0 spiro atoms. The highest BCUT2D eigenvalue weighted by Crippen LogP contribution is 2.24. The minimum absolute atomic E-state index is 0.155. The number of nitrogens with zero attached hydrogens (tertiary/aromatic N) is 1. The van der Waals surface area contributed by atoms with E-state index >= 15 is 0 Å². The number of carbonyl (C=O) groups is 1. The zero-order chi connectivity index (χ0) is 13.8. The Bertz CT molecular complexity index is 430. The van der Waals surface area contributed by atoms with Crippen LogP contribution in [0.2, 0.25) is 0 Å². The molecule has 0 radical (unpaired) electrons. The van der Waals surface area contributed by atoms with Gasteiger partial charge in [-0.15, -0.1) is 0 Å². The monoisotopic (exact) mass is 247 g/mol. The molecule has 0 fully saturated rings. The summed E-state index contributed by atoms with van der Waals surface area (Å²) in [5, 5.41) is 8.65. The van der Waals surface area contributed by atoms with E-state index in [1.165, 1.54) is 11.6 Å². The molecule has 3 heteroatoms. The molecule has 18 heavy (non-hydrogen) atoms. The molecule has 3 nitrogen and oxygen atoms in total. The second kappa shape index (κ2) is 5.71. The maximum absolute atomic E-state index is 10.5. The summed E-state index contributed by atoms with van der Waals surface area (Å²) in [6.07, 6.45) is 3.79. The quantitative estimate of drug-likeness (QED) is 0.813. The standard InChI is InChI=1S/C15H21NO2/c1-15(2,10-9-14(17)18)11-12-5-7-13(8-6-12)16(3)4/h5-10H,11H2,1-4H3,(H,17,18)/b10-9+. The van der Waals surface area contributed by atoms with E-state index in [2.05, 4.69) is 29.2 Å². The summed E-state index contributed by atoms with van der Waals surface area (Å²) in [5.41, 5.74) is 2.22. The van der Waals surface area contributed by atoms with Gasteiger partial charge in [-0.25, -0.2) is 4.79 Å². The number of carboxylic acids is 1. The van der Waals surface area contributed by atoms with Crippen LogP contribution < -0.4 is 4.90 Å². The Kier molecular flexibility index (Phi) is 4.54. The normalized spacial score (nSPS) is 11.8. The van der Waals surface area contributed by atoms with Gasteiger partial charge in [0.1, 0.15) is 0 Å². The van der Waals surface area contributed by atoms with Crippen LogP contribution in [0.4, 0.5) is 5.69 Å². The van der Waals surface area contributed by atoms with E-state index in [0.717, 1.165) is 12.1 Å². The van der Waals surface area contributed by atoms with E-state index < -0.39 is 5.97 Å². The van der Waals surface area contributed by atoms with Crippen molar-refractivity contribution in [2.24, 2.45) is 5.41 Å². The van der Waals surface area contributed by atoms with Crippen molar-refractivity contribution in [1.29, 1.82) is 0 Å². The first-order valence-corrected chi connectivity index (χ1v) is 5.98. The van der Waals surface area contributed by atoms with E-state index in [9.17, 15) is 4.79 Å². The molecule has 0 saturated carbocycles. The first-order valence-electron chi connectivity index (χ1n) is 5.98. The Hall–Kier alpha value is -1.77. The smallest absolute Gasteiger partial charge is 0.327 e. The SMILES string of the molecule is CN(C)c1ccc(CC(C)(C)/C=C/C(=O)O)cc1. The topological polar surface area (TPSA) is 40.5 Å². The molecule has 1 rings (SSSR count). The zero-order valence-electron chi connectivity index (χ0n) is 11.5. The number of aliphatic carboxylic acids is 1. The fraction of sp³-hybridized carbons (Fsp3) is 0.400. The maximum atomic E-state index is 10.5. The Morgan fingerprint density at radius 1 is 1.28 bits per heavy atom. The number of anilines is 1. The number of allylic oxidation sites excluding steroid dienone is 1. The highest BCUT2D eigenvalue weighted by Gasteiger charge is 2.15. The largest absolute Gasteiger partial charge is 0.478 e. The molecule has 0 saturated heterocycles. The van der Waals surface area contributed by atoms with Crippen LogP contribution in [0.5, 0.6) is 0 Å². The number of rotatable bonds is 5. The molecule has 0 aliphatic carbocycles. The molecule has 0 aromatic heterocycles. The summed E-state index contributed by atoms with van der Waals surface area (Å²) in [6, 6.07) is 8.33. The molecule has 0 unspecified atom stereocenters. The molecule has 1 aromatic rings. The van der Waals surface area contributed by atoms with Gasteiger partial charge in [-0.2, -0.15) is 0 Å². The predicted molar refractivity (Wildman–Crippen MR) is 75.0 cm³/mol. The summed E-state index contributed by atoms with van der Waals surface area (Å²) in [5.74, 6) is -0.897. The lowest BCUT2D eigenvalue weighted by molar-refractivity contribution is -0.131. The van der Waals surface area contributed by atoms with Gasteiger partial charge >= 0.3 is 5.97 Å². The van der Waals surface area contributed by atoms with E-state index in [0.29, 0.717) is 0 Å². The van der Waals surface area contributed by atoms with Gasteiger partial charge in [0.05, 0.1) is 0 Å². The van der Waals surface area contributed by atoms with E-state index in [1.807, 2.05) is 27.9 Å². The van der Waals surface area contributed by atoms with Crippen LogP contribution in [-0.4, -0.2) is 25.2 Å². The molecule has 0 aliphatic heterocycles. The number of benzene rings is 1. The maximum Gasteiger partial charge on any atom is 0.327 e. The van der Waals surface area contributed by atoms with Crippen molar-refractivity contribution < 1.29 is 9.90 Å². The minimum Gasteiger partial charge on any atom is -0.478 e.